The number of carboxylic acids is 1. The van der Waals surface area contributed by atoms with Crippen LogP contribution < -0.4 is 5.43 Å². The lowest BCUT2D eigenvalue weighted by molar-refractivity contribution is 0.0696. The van der Waals surface area contributed by atoms with E-state index in [2.05, 4.69) is 6.92 Å². The van der Waals surface area contributed by atoms with Crippen LogP contribution >= 0.6 is 0 Å². The van der Waals surface area contributed by atoms with E-state index in [1.54, 1.807) is 18.2 Å². The normalized spacial score (nSPS) is 11.1. The monoisotopic (exact) mass is 338 g/mol. The SMILES string of the molecule is CCCCCC(=O)c1ccc2c(=O)c3cc(C(=O)O)ccc3oc2c1. The van der Waals surface area contributed by atoms with Crippen molar-refractivity contribution in [3.63, 3.8) is 0 Å². The number of carboxylic acid groups (broad SMARTS) is 1. The second kappa shape index (κ2) is 6.89. The molecule has 1 heterocycles. The first-order valence-electron chi connectivity index (χ1n) is 8.28. The van der Waals surface area contributed by atoms with Crippen LogP contribution in [0.25, 0.3) is 21.9 Å². The summed E-state index contributed by atoms with van der Waals surface area (Å²) in [5.74, 6) is -1.08. The van der Waals surface area contributed by atoms with Gasteiger partial charge in [0.05, 0.1) is 16.3 Å². The third-order valence-corrected chi connectivity index (χ3v) is 4.25. The lowest BCUT2D eigenvalue weighted by Crippen LogP contribution is -2.06. The van der Waals surface area contributed by atoms with Gasteiger partial charge in [-0.25, -0.2) is 4.79 Å². The van der Waals surface area contributed by atoms with Gasteiger partial charge in [-0.2, -0.15) is 0 Å². The molecule has 128 valence electrons. The topological polar surface area (TPSA) is 84.6 Å². The third kappa shape index (κ3) is 3.31. The van der Waals surface area contributed by atoms with E-state index in [1.165, 1.54) is 18.2 Å². The minimum absolute atomic E-state index is 0.0271. The molecule has 0 spiro atoms. The third-order valence-electron chi connectivity index (χ3n) is 4.25. The number of benzene rings is 2. The van der Waals surface area contributed by atoms with E-state index < -0.39 is 5.97 Å². The molecule has 0 atom stereocenters. The first kappa shape index (κ1) is 16.9. The van der Waals surface area contributed by atoms with Crippen LogP contribution in [0.3, 0.4) is 0 Å². The molecule has 0 aliphatic heterocycles. The molecule has 1 aromatic heterocycles. The van der Waals surface area contributed by atoms with Crippen LogP contribution in [0.4, 0.5) is 0 Å². The molecule has 0 fully saturated rings. The standard InChI is InChI=1S/C20H18O5/c1-2-3-4-5-16(21)12-6-8-14-18(11-12)25-17-9-7-13(20(23)24)10-15(17)19(14)22/h6-11H,2-5H2,1H3,(H,23,24). The Hall–Kier alpha value is -2.95. The van der Waals surface area contributed by atoms with E-state index in [-0.39, 0.29) is 22.2 Å². The quantitative estimate of drug-likeness (QED) is 0.409. The van der Waals surface area contributed by atoms with Crippen LogP contribution in [0.2, 0.25) is 0 Å². The number of carbonyl (C=O) groups excluding carboxylic acids is 1. The van der Waals surface area contributed by atoms with Gasteiger partial charge < -0.3 is 9.52 Å². The summed E-state index contributed by atoms with van der Waals surface area (Å²) in [6, 6.07) is 8.96. The Labute approximate surface area is 143 Å². The number of Topliss-reactive ketones (excluding diaryl/α,β-unsaturated/α-hetero) is 1. The molecular formula is C20H18O5. The largest absolute Gasteiger partial charge is 0.478 e. The lowest BCUT2D eigenvalue weighted by Gasteiger charge is -2.05. The number of carbonyl (C=O) groups is 2. The highest BCUT2D eigenvalue weighted by Crippen LogP contribution is 2.22. The van der Waals surface area contributed by atoms with Gasteiger partial charge in [0.1, 0.15) is 11.2 Å². The molecule has 0 amide bonds. The van der Waals surface area contributed by atoms with Crippen LogP contribution in [0, 0.1) is 0 Å². The van der Waals surface area contributed by atoms with Crippen molar-refractivity contribution >= 4 is 33.7 Å². The highest BCUT2D eigenvalue weighted by Gasteiger charge is 2.13. The molecule has 0 unspecified atom stereocenters. The van der Waals surface area contributed by atoms with Crippen LogP contribution in [0.5, 0.6) is 0 Å². The van der Waals surface area contributed by atoms with Gasteiger partial charge in [-0.05, 0) is 36.8 Å². The summed E-state index contributed by atoms with van der Waals surface area (Å²) in [6.07, 6.45) is 3.36. The molecule has 2 aromatic carbocycles. The van der Waals surface area contributed by atoms with Crippen LogP contribution in [0.1, 0.15) is 53.3 Å². The molecule has 5 heteroatoms. The smallest absolute Gasteiger partial charge is 0.335 e. The molecule has 0 radical (unpaired) electrons. The van der Waals surface area contributed by atoms with Crippen molar-refractivity contribution in [1.82, 2.24) is 0 Å². The van der Waals surface area contributed by atoms with E-state index in [0.29, 0.717) is 28.5 Å². The molecule has 0 saturated carbocycles. The van der Waals surface area contributed by atoms with Crippen molar-refractivity contribution in [2.24, 2.45) is 0 Å². The van der Waals surface area contributed by atoms with Gasteiger partial charge in [0.2, 0.25) is 5.43 Å². The fourth-order valence-electron chi connectivity index (χ4n) is 2.84. The fourth-order valence-corrected chi connectivity index (χ4v) is 2.84. The molecule has 0 bridgehead atoms. The summed E-state index contributed by atoms with van der Waals surface area (Å²) in [5.41, 5.74) is 0.888. The Balaban J connectivity index is 2.07. The molecule has 0 aliphatic carbocycles. The number of aromatic carboxylic acids is 1. The molecule has 3 rings (SSSR count). The lowest BCUT2D eigenvalue weighted by atomic mass is 10.0. The van der Waals surface area contributed by atoms with Crippen LogP contribution in [0.15, 0.2) is 45.6 Å². The Morgan fingerprint density at radius 2 is 1.72 bits per heavy atom. The van der Waals surface area contributed by atoms with E-state index in [0.717, 1.165) is 19.3 Å². The average Bonchev–Trinajstić information content (AvgIpc) is 2.61. The van der Waals surface area contributed by atoms with Crippen molar-refractivity contribution in [3.8, 4) is 0 Å². The van der Waals surface area contributed by atoms with Crippen molar-refractivity contribution in [2.75, 3.05) is 0 Å². The first-order chi connectivity index (χ1) is 12.0. The predicted molar refractivity (Wildman–Crippen MR) is 95.4 cm³/mol. The highest BCUT2D eigenvalue weighted by atomic mass is 16.4. The number of fused-ring (bicyclic) bond motifs is 2. The van der Waals surface area contributed by atoms with E-state index in [9.17, 15) is 14.4 Å². The van der Waals surface area contributed by atoms with E-state index in [1.807, 2.05) is 0 Å². The molecule has 3 aromatic rings. The van der Waals surface area contributed by atoms with E-state index in [4.69, 9.17) is 9.52 Å². The van der Waals surface area contributed by atoms with Crippen LogP contribution in [-0.4, -0.2) is 16.9 Å². The Kier molecular flexibility index (Phi) is 4.65. The summed E-state index contributed by atoms with van der Waals surface area (Å²) in [6.45, 7) is 2.08. The van der Waals surface area contributed by atoms with Gasteiger partial charge in [-0.1, -0.05) is 25.8 Å². The second-order valence-corrected chi connectivity index (χ2v) is 6.04. The zero-order chi connectivity index (χ0) is 18.0. The summed E-state index contributed by atoms with van der Waals surface area (Å²) >= 11 is 0. The summed E-state index contributed by atoms with van der Waals surface area (Å²) < 4.78 is 5.73. The molecular weight excluding hydrogens is 320 g/mol. The van der Waals surface area contributed by atoms with E-state index >= 15 is 0 Å². The number of hydrogen-bond donors (Lipinski definition) is 1. The van der Waals surface area contributed by atoms with Gasteiger partial charge >= 0.3 is 5.97 Å². The molecule has 25 heavy (non-hydrogen) atoms. The number of unbranched alkanes of at least 4 members (excludes halogenated alkanes) is 2. The van der Waals surface area contributed by atoms with Crippen molar-refractivity contribution in [2.45, 2.75) is 32.6 Å². The highest BCUT2D eigenvalue weighted by molar-refractivity contribution is 6.01. The maximum atomic E-state index is 12.6. The van der Waals surface area contributed by atoms with Gasteiger partial charge in [-0.15, -0.1) is 0 Å². The number of ketones is 1. The average molecular weight is 338 g/mol. The van der Waals surface area contributed by atoms with Crippen molar-refractivity contribution in [1.29, 1.82) is 0 Å². The Morgan fingerprint density at radius 3 is 2.44 bits per heavy atom. The zero-order valence-electron chi connectivity index (χ0n) is 13.9. The molecule has 0 saturated heterocycles. The summed E-state index contributed by atoms with van der Waals surface area (Å²) in [7, 11) is 0. The van der Waals surface area contributed by atoms with Crippen molar-refractivity contribution in [3.05, 3.63) is 57.7 Å². The fraction of sp³-hybridized carbons (Fsp3) is 0.250. The van der Waals surface area contributed by atoms with Gasteiger partial charge in [-0.3, -0.25) is 9.59 Å². The maximum absolute atomic E-state index is 12.6. The predicted octanol–water partition coefficient (Wildman–Crippen LogP) is 4.41. The first-order valence-corrected chi connectivity index (χ1v) is 8.28. The Morgan fingerprint density at radius 1 is 0.960 bits per heavy atom. The van der Waals surface area contributed by atoms with Gasteiger partial charge in [0.25, 0.3) is 0 Å². The number of hydrogen-bond acceptors (Lipinski definition) is 4. The summed E-state index contributed by atoms with van der Waals surface area (Å²) in [5, 5.41) is 9.61. The maximum Gasteiger partial charge on any atom is 0.335 e. The van der Waals surface area contributed by atoms with Crippen molar-refractivity contribution < 1.29 is 19.1 Å². The zero-order valence-corrected chi connectivity index (χ0v) is 13.9. The van der Waals surface area contributed by atoms with Gasteiger partial charge in [0, 0.05) is 12.0 Å². The molecule has 1 N–H and O–H groups in total. The molecule has 5 nitrogen and oxygen atoms in total. The van der Waals surface area contributed by atoms with Gasteiger partial charge in [0.15, 0.2) is 5.78 Å². The minimum atomic E-state index is -1.10. The van der Waals surface area contributed by atoms with Crippen LogP contribution in [-0.2, 0) is 0 Å². The summed E-state index contributed by atoms with van der Waals surface area (Å²) in [4.78, 5) is 35.9. The Bertz CT molecular complexity index is 1030. The second-order valence-electron chi connectivity index (χ2n) is 6.04. The number of rotatable bonds is 6. The molecule has 0 aliphatic rings. The minimum Gasteiger partial charge on any atom is -0.478 e.